The molecule has 17 amide bonds. The first kappa shape index (κ1) is 123. The minimum absolute atomic E-state index is 0.0157. The number of carbonyl (C=O) groups excluding carboxylic acids is 17. The molecule has 2 aromatic carbocycles. The SMILES string of the molecule is CSCC[C@H](NC(=O)[C@H](CCC(N)=O)NC(=O)[C@H](CCCCN)NC(=O)[C@H](CCCNC(=N)N)NC(=O)[C@H](CC(C)C)NC(=O)[C@H](CCCNC(=N)N)NC(=O)[C@@H](NC(=O)[C@@H](N)Cc1ccc(O)cc1)[C@@H](C)O)C(=O)N[C@@H](C)C(=O)N[C@H](C(=O)N[C@@H](CCCCN)C(=O)N[C@@H](CCCCN)C(=O)N[C@@H](Cc1ccc(O)cc1)C(=O)N[C@@H](CC(C)C)C(=O)N[C@@H](CC(N)=O)C(=O)N[C@@H](CO)C(=O)O)C(C)C. The number of hydrogen-bond donors (Lipinski definition) is 32. The van der Waals surface area contributed by atoms with Gasteiger partial charge in [0.2, 0.25) is 100 Å². The maximum absolute atomic E-state index is 14.8. The Kier molecular flexibility index (Phi) is 58.0. The molecule has 0 aliphatic heterocycles. The smallest absolute Gasteiger partial charge is 0.328 e. The van der Waals surface area contributed by atoms with Crippen LogP contribution in [-0.2, 0) is 99.1 Å². The van der Waals surface area contributed by atoms with Gasteiger partial charge < -0.3 is 162 Å². The molecule has 51 heteroatoms. The van der Waals surface area contributed by atoms with Gasteiger partial charge >= 0.3 is 5.97 Å². The third-order valence-corrected chi connectivity index (χ3v) is 22.5. The number of carboxylic acid groups (broad SMARTS) is 1. The van der Waals surface area contributed by atoms with Gasteiger partial charge in [-0.3, -0.25) is 92.3 Å². The fraction of sp³-hybridized carbons (Fsp3) is 0.640. The lowest BCUT2D eigenvalue weighted by Gasteiger charge is -2.29. The molecule has 0 spiro atoms. The number of unbranched alkanes of at least 4 members (excludes halogenated alkanes) is 3. The van der Waals surface area contributed by atoms with Gasteiger partial charge in [-0.15, -0.1) is 0 Å². The summed E-state index contributed by atoms with van der Waals surface area (Å²) in [5.74, 6) is -20.7. The second-order valence-electron chi connectivity index (χ2n) is 35.3. The molecule has 786 valence electrons. The predicted molar refractivity (Wildman–Crippen MR) is 519 cm³/mol. The summed E-state index contributed by atoms with van der Waals surface area (Å²) in [5, 5.41) is 108. The van der Waals surface area contributed by atoms with E-state index in [-0.39, 0.29) is 158 Å². The second-order valence-corrected chi connectivity index (χ2v) is 36.3. The van der Waals surface area contributed by atoms with Gasteiger partial charge in [-0.25, -0.2) is 4.79 Å². The minimum Gasteiger partial charge on any atom is -0.508 e. The van der Waals surface area contributed by atoms with E-state index in [0.717, 1.165) is 0 Å². The molecule has 50 nitrogen and oxygen atoms in total. The Morgan fingerprint density at radius 2 is 0.671 bits per heavy atom. The van der Waals surface area contributed by atoms with Crippen molar-refractivity contribution in [3.63, 3.8) is 0 Å². The number of primary amides is 2. The van der Waals surface area contributed by atoms with Crippen LogP contribution in [0.4, 0.5) is 0 Å². The molecule has 2 aromatic rings. The Morgan fingerprint density at radius 3 is 1.02 bits per heavy atom. The highest BCUT2D eigenvalue weighted by Crippen LogP contribution is 2.19. The number of aromatic hydroxyl groups is 2. The van der Waals surface area contributed by atoms with Crippen LogP contribution < -0.4 is 136 Å². The first-order valence-electron chi connectivity index (χ1n) is 46.7. The van der Waals surface area contributed by atoms with Crippen LogP contribution in [0, 0.1) is 28.6 Å². The number of aliphatic hydroxyl groups is 2. The Morgan fingerprint density at radius 1 is 0.357 bits per heavy atom. The monoisotopic (exact) mass is 2000 g/mol. The molecule has 0 bridgehead atoms. The summed E-state index contributed by atoms with van der Waals surface area (Å²) < 4.78 is 0. The lowest BCUT2D eigenvalue weighted by molar-refractivity contribution is -0.143. The lowest BCUT2D eigenvalue weighted by atomic mass is 9.99. The molecule has 0 aromatic heterocycles. The molecule has 140 heavy (non-hydrogen) atoms. The number of phenols is 2. The quantitative estimate of drug-likeness (QED) is 0.0166. The molecule has 2 rings (SSSR count). The van der Waals surface area contributed by atoms with E-state index >= 15 is 0 Å². The van der Waals surface area contributed by atoms with Crippen molar-refractivity contribution in [2.24, 2.45) is 63.6 Å². The van der Waals surface area contributed by atoms with Crippen molar-refractivity contribution in [2.45, 2.75) is 293 Å². The van der Waals surface area contributed by atoms with Gasteiger partial charge in [-0.05, 0) is 214 Å². The van der Waals surface area contributed by atoms with Crippen molar-refractivity contribution in [1.29, 1.82) is 10.8 Å². The Bertz CT molecular complexity index is 4390. The van der Waals surface area contributed by atoms with Crippen molar-refractivity contribution in [1.82, 2.24) is 90.4 Å². The molecular formula is C89H151N27O23S. The van der Waals surface area contributed by atoms with E-state index in [2.05, 4.69) is 85.1 Å². The standard InChI is InChI=1S/C89H151N27O23S/c1-46(2)40-63(110-79(130)60(22-17-38-101-89(98)99)109-86(137)71(50(8)118)116-73(124)55(93)42-51-23-27-53(119)28-24-51)81(132)105-59(21-16-37-100-88(96)97)77(128)103-56(18-10-13-34-90)75(126)106-61(31-32-68(94)121)80(131)107-62(33-39-140-9)74(125)102-49(7)72(123)115-70(48(5)6)85(136)108-58(20-12-15-36-92)76(127)104-57(19-11-14-35-91)78(129)112-65(43-52-25-29-54(120)30-26-52)83(134)111-64(41-47(3)4)82(133)113-66(44-69(95)122)84(135)114-67(45-117)87(138)139/h23-30,46-50,55-67,70-71,117-120H,10-22,31-45,90-93H2,1-9H3,(H2,94,121)(H2,95,122)(H,102,125)(H,103,128)(H,104,127)(H,105,132)(H,106,126)(H,107,131)(H,108,136)(H,109,137)(H,110,130)(H,111,134)(H,112,129)(H,113,133)(H,114,135)(H,115,123)(H,116,124)(H,138,139)(H4,96,97,100)(H4,98,99,101)/t49-,50+,55-,56-,57-,58-,59-,60-,61-,62-,63-,64-,65-,66-,67-,70-,71-/m0/s1. The number of carbonyl (C=O) groups is 18. The van der Waals surface area contributed by atoms with Gasteiger partial charge in [0.05, 0.1) is 25.2 Å². The van der Waals surface area contributed by atoms with Crippen molar-refractivity contribution in [2.75, 3.05) is 51.3 Å². The van der Waals surface area contributed by atoms with Crippen LogP contribution in [0.1, 0.15) is 189 Å². The minimum atomic E-state index is -1.85. The molecule has 0 radical (unpaired) electrons. The first-order valence-corrected chi connectivity index (χ1v) is 48.1. The second kappa shape index (κ2) is 65.9. The Balaban J connectivity index is 2.58. The van der Waals surface area contributed by atoms with Crippen molar-refractivity contribution < 1.29 is 112 Å². The number of benzene rings is 2. The van der Waals surface area contributed by atoms with Crippen molar-refractivity contribution >= 4 is 130 Å². The molecule has 40 N–H and O–H groups in total. The number of nitrogens with two attached hydrogens (primary N) is 8. The van der Waals surface area contributed by atoms with Crippen LogP contribution in [0.3, 0.4) is 0 Å². The number of nitrogens with one attached hydrogen (secondary N) is 19. The van der Waals surface area contributed by atoms with Crippen LogP contribution in [0.5, 0.6) is 11.5 Å². The van der Waals surface area contributed by atoms with E-state index in [0.29, 0.717) is 30.4 Å². The maximum atomic E-state index is 14.8. The van der Waals surface area contributed by atoms with Crippen molar-refractivity contribution in [3.05, 3.63) is 59.7 Å². The highest BCUT2D eigenvalue weighted by molar-refractivity contribution is 7.98. The average Bonchev–Trinajstić information content (AvgIpc) is 0.841. The number of hydrogen-bond acceptors (Lipinski definition) is 29. The van der Waals surface area contributed by atoms with Gasteiger partial charge in [0.1, 0.15) is 102 Å². The first-order chi connectivity index (χ1) is 66.0. The topological polar surface area (TPSA) is 869 Å². The third kappa shape index (κ3) is 48.6. The van der Waals surface area contributed by atoms with Crippen molar-refractivity contribution in [3.8, 4) is 11.5 Å². The number of phenolic OH excluding ortho intramolecular Hbond substituents is 2. The molecule has 17 atom stereocenters. The summed E-state index contributed by atoms with van der Waals surface area (Å²) in [7, 11) is 0. The zero-order valence-electron chi connectivity index (χ0n) is 81.1. The summed E-state index contributed by atoms with van der Waals surface area (Å²) in [4.78, 5) is 252. The predicted octanol–water partition coefficient (Wildman–Crippen LogP) is -7.48. The molecular weight excluding hydrogens is 1850 g/mol. The summed E-state index contributed by atoms with van der Waals surface area (Å²) in [6.07, 6.45) is -1.45. The molecule has 0 saturated heterocycles. The Labute approximate surface area is 818 Å². The lowest BCUT2D eigenvalue weighted by Crippen LogP contribution is -2.61. The maximum Gasteiger partial charge on any atom is 0.328 e. The zero-order chi connectivity index (χ0) is 106. The molecule has 0 aliphatic carbocycles. The number of thioether (sulfide) groups is 1. The van der Waals surface area contributed by atoms with Crippen LogP contribution in [0.25, 0.3) is 0 Å². The summed E-state index contributed by atoms with van der Waals surface area (Å²) in [5.41, 5.74) is 46.8. The molecule has 0 heterocycles. The average molecular weight is 2000 g/mol. The number of rotatable bonds is 70. The molecule has 0 unspecified atom stereocenters. The number of guanidine groups is 2. The van der Waals surface area contributed by atoms with Gasteiger partial charge in [0.15, 0.2) is 11.9 Å². The van der Waals surface area contributed by atoms with E-state index in [1.807, 2.05) is 5.32 Å². The fourth-order valence-electron chi connectivity index (χ4n) is 14.1. The van der Waals surface area contributed by atoms with Crippen LogP contribution in [-0.4, -0.2) is 298 Å². The number of aliphatic carboxylic acids is 1. The highest BCUT2D eigenvalue weighted by Gasteiger charge is 2.41. The van der Waals surface area contributed by atoms with Gasteiger partial charge in [0, 0.05) is 25.9 Å². The van der Waals surface area contributed by atoms with E-state index in [4.69, 9.17) is 56.7 Å². The van der Waals surface area contributed by atoms with Gasteiger partial charge in [0.25, 0.3) is 0 Å². The normalized spacial score (nSPS) is 14.8. The molecule has 0 saturated carbocycles. The van der Waals surface area contributed by atoms with E-state index in [1.165, 1.54) is 74.1 Å². The van der Waals surface area contributed by atoms with E-state index < -0.39 is 253 Å². The number of aliphatic hydroxyl groups excluding tert-OH is 2. The summed E-state index contributed by atoms with van der Waals surface area (Å²) >= 11 is 1.26. The van der Waals surface area contributed by atoms with Crippen LogP contribution in [0.2, 0.25) is 0 Å². The fourth-order valence-corrected chi connectivity index (χ4v) is 14.6. The Hall–Kier alpha value is -12.8. The van der Waals surface area contributed by atoms with Crippen LogP contribution in [0.15, 0.2) is 48.5 Å². The summed E-state index contributed by atoms with van der Waals surface area (Å²) in [6.45, 7) is 11.8. The highest BCUT2D eigenvalue weighted by atomic mass is 32.2. The van der Waals surface area contributed by atoms with Gasteiger partial charge in [-0.1, -0.05) is 65.8 Å². The largest absolute Gasteiger partial charge is 0.508 e. The number of amides is 17. The molecule has 0 fully saturated rings. The molecule has 0 aliphatic rings. The number of carboxylic acids is 1. The van der Waals surface area contributed by atoms with E-state index in [9.17, 15) is 112 Å². The van der Waals surface area contributed by atoms with Crippen LogP contribution >= 0.6 is 11.8 Å². The van der Waals surface area contributed by atoms with Gasteiger partial charge in [-0.2, -0.15) is 11.8 Å². The van der Waals surface area contributed by atoms with E-state index in [1.54, 1.807) is 47.8 Å². The zero-order valence-corrected chi connectivity index (χ0v) is 81.9. The third-order valence-electron chi connectivity index (χ3n) is 21.8. The summed E-state index contributed by atoms with van der Waals surface area (Å²) in [6, 6.07) is -13.5.